The molecule has 2 fully saturated rings. The molecule has 1 aromatic rings. The first kappa shape index (κ1) is 17.2. The zero-order valence-electron chi connectivity index (χ0n) is 14.7. The van der Waals surface area contributed by atoms with Crippen molar-refractivity contribution >= 4 is 6.09 Å². The van der Waals surface area contributed by atoms with Crippen LogP contribution in [0, 0.1) is 0 Å². The van der Waals surface area contributed by atoms with Crippen molar-refractivity contribution in [3.05, 3.63) is 30.1 Å². The van der Waals surface area contributed by atoms with E-state index < -0.39 is 5.60 Å². The molecule has 2 saturated heterocycles. The molecule has 0 aliphatic carbocycles. The van der Waals surface area contributed by atoms with Crippen molar-refractivity contribution in [3.63, 3.8) is 0 Å². The molecule has 6 heteroatoms. The predicted octanol–water partition coefficient (Wildman–Crippen LogP) is 2.51. The van der Waals surface area contributed by atoms with Gasteiger partial charge in [0.15, 0.2) is 0 Å². The molecule has 0 aromatic carbocycles. The third kappa shape index (κ3) is 4.05. The highest BCUT2D eigenvalue weighted by Crippen LogP contribution is 2.34. The van der Waals surface area contributed by atoms with Crippen molar-refractivity contribution in [2.75, 3.05) is 26.2 Å². The standard InChI is InChI=1S/C18H27N3O3/c1-17(2,3)24-16(22)21-10-7-18(8-11-21)13-19-12-15(23-18)14-6-4-5-9-20-14/h4-6,9,15,19H,7-8,10-13H2,1-3H3/t15-/m1/s1. The van der Waals surface area contributed by atoms with Gasteiger partial charge in [-0.25, -0.2) is 4.79 Å². The van der Waals surface area contributed by atoms with Gasteiger partial charge in [-0.15, -0.1) is 0 Å². The lowest BCUT2D eigenvalue weighted by Crippen LogP contribution is -2.57. The molecule has 132 valence electrons. The maximum Gasteiger partial charge on any atom is 0.410 e. The van der Waals surface area contributed by atoms with Crippen LogP contribution in [0.1, 0.15) is 45.4 Å². The topological polar surface area (TPSA) is 63.7 Å². The first-order chi connectivity index (χ1) is 11.4. The first-order valence-corrected chi connectivity index (χ1v) is 8.64. The predicted molar refractivity (Wildman–Crippen MR) is 90.7 cm³/mol. The van der Waals surface area contributed by atoms with Crippen molar-refractivity contribution in [3.8, 4) is 0 Å². The fourth-order valence-electron chi connectivity index (χ4n) is 3.27. The van der Waals surface area contributed by atoms with E-state index in [9.17, 15) is 4.79 Å². The lowest BCUT2D eigenvalue weighted by molar-refractivity contribution is -0.144. The van der Waals surface area contributed by atoms with Gasteiger partial charge in [0.25, 0.3) is 0 Å². The van der Waals surface area contributed by atoms with E-state index in [2.05, 4.69) is 10.3 Å². The minimum Gasteiger partial charge on any atom is -0.444 e. The number of pyridine rings is 1. The van der Waals surface area contributed by atoms with Crippen LogP contribution in [0.25, 0.3) is 0 Å². The number of amides is 1. The molecule has 0 radical (unpaired) electrons. The van der Waals surface area contributed by atoms with Crippen LogP contribution in [-0.2, 0) is 9.47 Å². The fraction of sp³-hybridized carbons (Fsp3) is 0.667. The number of carbonyl (C=O) groups is 1. The van der Waals surface area contributed by atoms with Gasteiger partial charge in [0, 0.05) is 32.4 Å². The van der Waals surface area contributed by atoms with Gasteiger partial charge in [-0.1, -0.05) is 6.07 Å². The molecule has 0 unspecified atom stereocenters. The Morgan fingerprint density at radius 1 is 1.38 bits per heavy atom. The number of carbonyl (C=O) groups excluding carboxylic acids is 1. The molecule has 1 atom stereocenters. The van der Waals surface area contributed by atoms with Crippen LogP contribution in [0.2, 0.25) is 0 Å². The molecule has 0 bridgehead atoms. The Hall–Kier alpha value is -1.66. The van der Waals surface area contributed by atoms with Crippen molar-refractivity contribution < 1.29 is 14.3 Å². The summed E-state index contributed by atoms with van der Waals surface area (Å²) < 4.78 is 11.9. The number of piperidine rings is 1. The van der Waals surface area contributed by atoms with E-state index >= 15 is 0 Å². The summed E-state index contributed by atoms with van der Waals surface area (Å²) in [4.78, 5) is 18.4. The summed E-state index contributed by atoms with van der Waals surface area (Å²) in [6.07, 6.45) is 3.14. The van der Waals surface area contributed by atoms with Crippen molar-refractivity contribution in [2.24, 2.45) is 0 Å². The number of ether oxygens (including phenoxy) is 2. The minimum atomic E-state index is -0.459. The Morgan fingerprint density at radius 2 is 2.12 bits per heavy atom. The van der Waals surface area contributed by atoms with Crippen LogP contribution in [0.15, 0.2) is 24.4 Å². The highest BCUT2D eigenvalue weighted by Gasteiger charge is 2.42. The average Bonchev–Trinajstić information content (AvgIpc) is 2.55. The normalized spacial score (nSPS) is 24.0. The molecule has 24 heavy (non-hydrogen) atoms. The molecule has 2 aliphatic rings. The van der Waals surface area contributed by atoms with Crippen molar-refractivity contribution in [2.45, 2.75) is 50.9 Å². The van der Waals surface area contributed by atoms with Crippen molar-refractivity contribution in [1.82, 2.24) is 15.2 Å². The van der Waals surface area contributed by atoms with Crippen molar-refractivity contribution in [1.29, 1.82) is 0 Å². The molecule has 0 saturated carbocycles. The summed E-state index contributed by atoms with van der Waals surface area (Å²) in [6, 6.07) is 5.90. The Balaban J connectivity index is 1.59. The van der Waals surface area contributed by atoms with Crippen LogP contribution < -0.4 is 5.32 Å². The monoisotopic (exact) mass is 333 g/mol. The molecular formula is C18H27N3O3. The number of nitrogens with one attached hydrogen (secondary N) is 1. The molecule has 6 nitrogen and oxygen atoms in total. The van der Waals surface area contributed by atoms with E-state index in [1.807, 2.05) is 39.0 Å². The molecule has 1 spiro atoms. The Morgan fingerprint density at radius 3 is 2.75 bits per heavy atom. The number of rotatable bonds is 1. The van der Waals surface area contributed by atoms with Gasteiger partial charge in [0.2, 0.25) is 0 Å². The van der Waals surface area contributed by atoms with Crippen LogP contribution in [0.4, 0.5) is 4.79 Å². The Bertz CT molecular complexity index is 563. The zero-order valence-corrected chi connectivity index (χ0v) is 14.7. The van der Waals surface area contributed by atoms with E-state index in [4.69, 9.17) is 9.47 Å². The van der Waals surface area contributed by atoms with Crippen LogP contribution in [0.5, 0.6) is 0 Å². The van der Waals surface area contributed by atoms with Gasteiger partial charge >= 0.3 is 6.09 Å². The molecule has 3 heterocycles. The highest BCUT2D eigenvalue weighted by atomic mass is 16.6. The van der Waals surface area contributed by atoms with Gasteiger partial charge in [0.1, 0.15) is 11.7 Å². The van der Waals surface area contributed by atoms with E-state index in [-0.39, 0.29) is 17.8 Å². The number of likely N-dealkylation sites (tertiary alicyclic amines) is 1. The molecule has 1 amide bonds. The van der Waals surface area contributed by atoms with Gasteiger partial charge < -0.3 is 19.7 Å². The van der Waals surface area contributed by atoms with Crippen LogP contribution in [0.3, 0.4) is 0 Å². The fourth-order valence-corrected chi connectivity index (χ4v) is 3.27. The average molecular weight is 333 g/mol. The summed E-state index contributed by atoms with van der Waals surface area (Å²) >= 11 is 0. The van der Waals surface area contributed by atoms with E-state index in [0.29, 0.717) is 13.1 Å². The minimum absolute atomic E-state index is 0.0342. The Kier molecular flexibility index (Phi) is 4.78. The second-order valence-corrected chi connectivity index (χ2v) is 7.64. The summed E-state index contributed by atoms with van der Waals surface area (Å²) in [6.45, 7) is 8.58. The largest absolute Gasteiger partial charge is 0.444 e. The summed E-state index contributed by atoms with van der Waals surface area (Å²) in [5.74, 6) is 0. The van der Waals surface area contributed by atoms with Gasteiger partial charge in [-0.3, -0.25) is 4.98 Å². The molecule has 2 aliphatic heterocycles. The quantitative estimate of drug-likeness (QED) is 0.855. The van der Waals surface area contributed by atoms with E-state index in [0.717, 1.165) is 31.6 Å². The third-order valence-electron chi connectivity index (χ3n) is 4.51. The molecule has 3 rings (SSSR count). The number of aromatic nitrogens is 1. The zero-order chi connectivity index (χ0) is 17.2. The van der Waals surface area contributed by atoms with Gasteiger partial charge in [0.05, 0.1) is 11.3 Å². The van der Waals surface area contributed by atoms with Crippen LogP contribution in [-0.4, -0.2) is 53.4 Å². The summed E-state index contributed by atoms with van der Waals surface area (Å²) in [5, 5.41) is 3.48. The Labute approximate surface area is 143 Å². The molecule has 1 N–H and O–H groups in total. The van der Waals surface area contributed by atoms with Gasteiger partial charge in [-0.2, -0.15) is 0 Å². The number of morpholine rings is 1. The molecular weight excluding hydrogens is 306 g/mol. The van der Waals surface area contributed by atoms with E-state index in [1.54, 1.807) is 11.1 Å². The summed E-state index contributed by atoms with van der Waals surface area (Å²) in [7, 11) is 0. The smallest absolute Gasteiger partial charge is 0.410 e. The van der Waals surface area contributed by atoms with Gasteiger partial charge in [-0.05, 0) is 45.7 Å². The lowest BCUT2D eigenvalue weighted by atomic mass is 9.89. The summed E-state index contributed by atoms with van der Waals surface area (Å²) in [5.41, 5.74) is 0.275. The first-order valence-electron chi connectivity index (χ1n) is 8.64. The third-order valence-corrected chi connectivity index (χ3v) is 4.51. The second-order valence-electron chi connectivity index (χ2n) is 7.64. The highest BCUT2D eigenvalue weighted by molar-refractivity contribution is 5.68. The maximum atomic E-state index is 12.2. The molecule has 1 aromatic heterocycles. The maximum absolute atomic E-state index is 12.2. The second kappa shape index (κ2) is 6.69. The number of nitrogens with zero attached hydrogens (tertiary/aromatic N) is 2. The lowest BCUT2D eigenvalue weighted by Gasteiger charge is -2.46. The number of hydrogen-bond donors (Lipinski definition) is 1. The number of hydrogen-bond acceptors (Lipinski definition) is 5. The van der Waals surface area contributed by atoms with E-state index in [1.165, 1.54) is 0 Å². The SMILES string of the molecule is CC(C)(C)OC(=O)N1CCC2(CC1)CNC[C@H](c1ccccn1)O2. The van der Waals surface area contributed by atoms with Crippen LogP contribution >= 0.6 is 0 Å².